The number of aliphatic hydroxyl groups is 2. The number of esters is 3. The molecule has 68 heavy (non-hydrogen) atoms. The van der Waals surface area contributed by atoms with Gasteiger partial charge in [-0.3, -0.25) is 9.59 Å². The van der Waals surface area contributed by atoms with Gasteiger partial charge in [-0.1, -0.05) is 62.4 Å². The van der Waals surface area contributed by atoms with Gasteiger partial charge in [0.15, 0.2) is 17.5 Å². The Kier molecular flexibility index (Phi) is 16.3. The Bertz CT molecular complexity index is 2160. The fourth-order valence-electron chi connectivity index (χ4n) is 10.7. The molecule has 2 aromatic rings. The third-order valence-corrected chi connectivity index (χ3v) is 14.0. The van der Waals surface area contributed by atoms with Crippen molar-refractivity contribution < 1.29 is 76.8 Å². The van der Waals surface area contributed by atoms with E-state index in [1.165, 1.54) is 6.92 Å². The number of amides is 1. The minimum absolute atomic E-state index is 0.0519. The van der Waals surface area contributed by atoms with Crippen molar-refractivity contribution in [1.29, 1.82) is 0 Å². The molecule has 0 spiro atoms. The number of carbonyl (C=O) groups excluding carboxylic acids is 5. The van der Waals surface area contributed by atoms with Crippen molar-refractivity contribution in [3.05, 3.63) is 82.9 Å². The van der Waals surface area contributed by atoms with Crippen LogP contribution in [0.3, 0.4) is 0 Å². The molecule has 3 fully saturated rings. The van der Waals surface area contributed by atoms with Crippen LogP contribution >= 0.6 is 0 Å². The van der Waals surface area contributed by atoms with Crippen LogP contribution in [0.15, 0.2) is 71.8 Å². The van der Waals surface area contributed by atoms with Gasteiger partial charge >= 0.3 is 24.0 Å². The van der Waals surface area contributed by atoms with E-state index in [0.717, 1.165) is 0 Å². The smallest absolute Gasteiger partial charge is 0.408 e. The Balaban J connectivity index is 1.56. The number of aliphatic hydroxyl groups excluding tert-OH is 1. The van der Waals surface area contributed by atoms with Crippen molar-refractivity contribution in [2.45, 2.75) is 142 Å². The van der Waals surface area contributed by atoms with Gasteiger partial charge in [-0.15, -0.1) is 0 Å². The summed E-state index contributed by atoms with van der Waals surface area (Å²) in [5, 5.41) is 28.5. The van der Waals surface area contributed by atoms with Crippen LogP contribution in [-0.4, -0.2) is 140 Å². The largest absolute Gasteiger partial charge is 0.456 e. The van der Waals surface area contributed by atoms with Crippen LogP contribution in [-0.2, 0) is 57.0 Å². The second-order valence-corrected chi connectivity index (χ2v) is 19.7. The first-order valence-electron chi connectivity index (χ1n) is 23.4. The van der Waals surface area contributed by atoms with E-state index in [-0.39, 0.29) is 50.6 Å². The summed E-state index contributed by atoms with van der Waals surface area (Å²) >= 11 is 0. The molecule has 1 unspecified atom stereocenters. The Hall–Kier alpha value is -4.75. The number of alkyl carbamates (subject to hydrolysis) is 1. The maximum atomic E-state index is 16.2. The van der Waals surface area contributed by atoms with Crippen molar-refractivity contribution in [3.8, 4) is 0 Å². The lowest BCUT2D eigenvalue weighted by Crippen LogP contribution is -2.82. The monoisotopic (exact) mass is 951 g/mol. The Morgan fingerprint density at radius 2 is 1.49 bits per heavy atom. The van der Waals surface area contributed by atoms with Gasteiger partial charge in [0, 0.05) is 38.4 Å². The van der Waals surface area contributed by atoms with Crippen LogP contribution in [0.2, 0.25) is 0 Å². The van der Waals surface area contributed by atoms with Gasteiger partial charge in [-0.05, 0) is 77.3 Å². The number of nitrogens with one attached hydrogen (secondary N) is 1. The lowest BCUT2D eigenvalue weighted by Gasteiger charge is -2.68. The highest BCUT2D eigenvalue weighted by Gasteiger charge is 2.78. The van der Waals surface area contributed by atoms with Crippen molar-refractivity contribution in [2.24, 2.45) is 16.7 Å². The number of ketones is 1. The number of rotatable bonds is 18. The molecule has 6 rings (SSSR count). The van der Waals surface area contributed by atoms with E-state index in [2.05, 4.69) is 5.32 Å². The number of carbonyl (C=O) groups is 5. The third-order valence-electron chi connectivity index (χ3n) is 14.0. The van der Waals surface area contributed by atoms with E-state index in [0.29, 0.717) is 24.4 Å². The third kappa shape index (κ3) is 10.3. The van der Waals surface area contributed by atoms with E-state index in [9.17, 15) is 29.4 Å². The first-order chi connectivity index (χ1) is 32.1. The summed E-state index contributed by atoms with van der Waals surface area (Å²) in [6, 6.07) is 15.0. The minimum Gasteiger partial charge on any atom is -0.456 e. The fourth-order valence-corrected chi connectivity index (χ4v) is 10.7. The zero-order valence-corrected chi connectivity index (χ0v) is 40.9. The molecule has 4 aliphatic rings. The van der Waals surface area contributed by atoms with Crippen molar-refractivity contribution >= 4 is 29.8 Å². The molecule has 11 atom stereocenters. The molecule has 17 heteroatoms. The van der Waals surface area contributed by atoms with Crippen LogP contribution in [0.1, 0.15) is 104 Å². The summed E-state index contributed by atoms with van der Waals surface area (Å²) in [6.07, 6.45) is -9.79. The molecular formula is C51H69NO16. The number of fused-ring (bicyclic) bond motifs is 5. The molecule has 2 saturated carbocycles. The summed E-state index contributed by atoms with van der Waals surface area (Å²) in [5.41, 5.74) is -7.12. The number of benzene rings is 2. The van der Waals surface area contributed by atoms with Crippen molar-refractivity contribution in [3.63, 3.8) is 0 Å². The zero-order chi connectivity index (χ0) is 49.8. The molecule has 1 aliphatic heterocycles. The van der Waals surface area contributed by atoms with Crippen LogP contribution in [0, 0.1) is 16.7 Å². The average molecular weight is 952 g/mol. The second-order valence-electron chi connectivity index (χ2n) is 19.7. The van der Waals surface area contributed by atoms with Crippen LogP contribution in [0.5, 0.6) is 0 Å². The summed E-state index contributed by atoms with van der Waals surface area (Å²) < 4.78 is 55.3. The lowest BCUT2D eigenvalue weighted by atomic mass is 9.44. The van der Waals surface area contributed by atoms with E-state index in [4.69, 9.17) is 42.6 Å². The number of Topliss-reactive ketones (excluding diaryl/α,β-unsaturated/α-hetero) is 1. The topological polar surface area (TPSA) is 221 Å². The lowest BCUT2D eigenvalue weighted by molar-refractivity contribution is -0.349. The summed E-state index contributed by atoms with van der Waals surface area (Å²) in [5.74, 6) is -4.67. The van der Waals surface area contributed by atoms with Gasteiger partial charge in [0.1, 0.15) is 35.6 Å². The summed E-state index contributed by atoms with van der Waals surface area (Å²) in [4.78, 5) is 71.8. The average Bonchev–Trinajstić information content (AvgIpc) is 3.28. The number of hydrogen-bond acceptors (Lipinski definition) is 16. The summed E-state index contributed by atoms with van der Waals surface area (Å²) in [6.45, 7) is 17.4. The first kappa shape index (κ1) is 52.6. The molecule has 17 nitrogen and oxygen atoms in total. The second kappa shape index (κ2) is 21.1. The summed E-state index contributed by atoms with van der Waals surface area (Å²) in [7, 11) is 0. The van der Waals surface area contributed by atoms with E-state index in [1.54, 1.807) is 109 Å². The molecular weight excluding hydrogens is 883 g/mol. The number of ether oxygens (including phenoxy) is 9. The van der Waals surface area contributed by atoms with E-state index < -0.39 is 112 Å². The maximum Gasteiger partial charge on any atom is 0.408 e. The molecule has 2 aromatic carbocycles. The van der Waals surface area contributed by atoms with E-state index >= 15 is 4.79 Å². The van der Waals surface area contributed by atoms with Crippen LogP contribution in [0.25, 0.3) is 0 Å². The van der Waals surface area contributed by atoms with Gasteiger partial charge in [0.25, 0.3) is 0 Å². The minimum atomic E-state index is -2.29. The van der Waals surface area contributed by atoms with Gasteiger partial charge in [-0.25, -0.2) is 14.4 Å². The molecule has 1 saturated heterocycles. The van der Waals surface area contributed by atoms with Gasteiger partial charge in [0.2, 0.25) is 0 Å². The molecule has 3 N–H and O–H groups in total. The quantitative estimate of drug-likeness (QED) is 0.0739. The van der Waals surface area contributed by atoms with Crippen LogP contribution < -0.4 is 5.32 Å². The van der Waals surface area contributed by atoms with Crippen molar-refractivity contribution in [2.75, 3.05) is 46.2 Å². The molecule has 1 amide bonds. The molecule has 2 bridgehead atoms. The maximum absolute atomic E-state index is 16.2. The van der Waals surface area contributed by atoms with Crippen LogP contribution in [0.4, 0.5) is 4.79 Å². The molecule has 374 valence electrons. The molecule has 0 radical (unpaired) electrons. The Morgan fingerprint density at radius 3 is 2.04 bits per heavy atom. The Morgan fingerprint density at radius 1 is 0.882 bits per heavy atom. The molecule has 1 heterocycles. The Labute approximate surface area is 398 Å². The SMILES string of the molecule is CCOCCO[C@H]1C(=O)[C@@]2(C)C([C@H](OC(=O)c3ccccc3)[C@]3(O)C[C@H](OC(=O)[C@H](O)[C@@H](NC(=O)OC(C)(C)C)c4ccccc4)C(C)=C1C3(C)C)[C@]1(OC(C)=O)CO[C@@H]1C[C@@H]2OCCOCC. The first-order valence-corrected chi connectivity index (χ1v) is 23.4. The van der Waals surface area contributed by atoms with Gasteiger partial charge in [0.05, 0.1) is 62.1 Å². The number of hydrogen-bond donors (Lipinski definition) is 3. The molecule has 0 aromatic heterocycles. The van der Waals surface area contributed by atoms with Gasteiger partial charge in [-0.2, -0.15) is 0 Å². The highest BCUT2D eigenvalue weighted by Crippen LogP contribution is 2.65. The normalized spacial score (nSPS) is 30.5. The van der Waals surface area contributed by atoms with E-state index in [1.807, 2.05) is 13.8 Å². The fraction of sp³-hybridized carbons (Fsp3) is 0.627. The molecule has 3 aliphatic carbocycles. The predicted molar refractivity (Wildman–Crippen MR) is 244 cm³/mol. The predicted octanol–water partition coefficient (Wildman–Crippen LogP) is 5.38. The van der Waals surface area contributed by atoms with Gasteiger partial charge < -0.3 is 58.2 Å². The van der Waals surface area contributed by atoms with Crippen molar-refractivity contribution in [1.82, 2.24) is 5.32 Å². The highest BCUT2D eigenvalue weighted by molar-refractivity contribution is 5.94. The standard InChI is InChI=1S/C51H69NO16/c1-11-60-23-25-62-35-27-36-50(29-64-36,67-31(4)53)41-43(66-44(56)33-21-17-14-18-22-33)51(59)28-34(30(3)37(48(51,8)9)40(42(55)49(35,41)10)63-26-24-61-12-2)65-45(57)39(54)38(32-19-15-13-16-20-32)52-46(58)68-47(5,6)7/h13-22,34-36,38-41,43,54,59H,11-12,23-29H2,1-10H3,(H,52,58)/t34-,35-,36+,38-,39+,40+,41?,43-,49+,50-,51+/m0/s1. The highest BCUT2D eigenvalue weighted by atomic mass is 16.6. The zero-order valence-electron chi connectivity index (χ0n) is 40.9.